The molecule has 2 unspecified atom stereocenters. The first kappa shape index (κ1) is 16.7. The van der Waals surface area contributed by atoms with Crippen molar-refractivity contribution in [2.75, 3.05) is 13.7 Å². The Morgan fingerprint density at radius 2 is 2.00 bits per heavy atom. The van der Waals surface area contributed by atoms with E-state index in [9.17, 15) is 13.9 Å². The van der Waals surface area contributed by atoms with Crippen LogP contribution in [-0.2, 0) is 0 Å². The number of hydrogen-bond acceptors (Lipinski definition) is 4. The van der Waals surface area contributed by atoms with Gasteiger partial charge in [-0.05, 0) is 31.0 Å². The summed E-state index contributed by atoms with van der Waals surface area (Å²) in [6.45, 7) is 1.07. The molecule has 2 atom stereocenters. The summed E-state index contributed by atoms with van der Waals surface area (Å²) in [5.74, 6) is 0.265. The van der Waals surface area contributed by atoms with Crippen LogP contribution in [-0.4, -0.2) is 31.5 Å². The minimum absolute atomic E-state index is 0.00649. The number of ether oxygens (including phenoxy) is 2. The SMILES string of the molecule is CCC(CO)NC(C)c1ccc(OC(F)F)c(OC)c1. The zero-order chi connectivity index (χ0) is 15.1. The van der Waals surface area contributed by atoms with Gasteiger partial charge >= 0.3 is 6.61 Å². The van der Waals surface area contributed by atoms with Gasteiger partial charge in [-0.25, -0.2) is 0 Å². The fourth-order valence-electron chi connectivity index (χ4n) is 1.90. The molecule has 0 aliphatic rings. The summed E-state index contributed by atoms with van der Waals surface area (Å²) < 4.78 is 33.9. The normalized spacial score (nSPS) is 14.2. The van der Waals surface area contributed by atoms with E-state index in [0.29, 0.717) is 0 Å². The Balaban J connectivity index is 2.86. The van der Waals surface area contributed by atoms with Crippen molar-refractivity contribution < 1.29 is 23.4 Å². The summed E-state index contributed by atoms with van der Waals surface area (Å²) in [7, 11) is 1.40. The van der Waals surface area contributed by atoms with E-state index < -0.39 is 6.61 Å². The van der Waals surface area contributed by atoms with Crippen LogP contribution in [0.25, 0.3) is 0 Å². The van der Waals surface area contributed by atoms with Crippen molar-refractivity contribution in [3.8, 4) is 11.5 Å². The van der Waals surface area contributed by atoms with Crippen molar-refractivity contribution in [3.63, 3.8) is 0 Å². The average molecular weight is 289 g/mol. The molecular formula is C14H21F2NO3. The van der Waals surface area contributed by atoms with Gasteiger partial charge in [0.25, 0.3) is 0 Å². The van der Waals surface area contributed by atoms with Crippen LogP contribution in [0.4, 0.5) is 8.78 Å². The quantitative estimate of drug-likeness (QED) is 0.772. The summed E-state index contributed by atoms with van der Waals surface area (Å²) >= 11 is 0. The Morgan fingerprint density at radius 3 is 2.50 bits per heavy atom. The Morgan fingerprint density at radius 1 is 1.30 bits per heavy atom. The number of methoxy groups -OCH3 is 1. The van der Waals surface area contributed by atoms with E-state index in [4.69, 9.17) is 4.74 Å². The fraction of sp³-hybridized carbons (Fsp3) is 0.571. The van der Waals surface area contributed by atoms with Crippen LogP contribution in [0.3, 0.4) is 0 Å². The molecule has 0 heterocycles. The van der Waals surface area contributed by atoms with E-state index in [1.807, 2.05) is 13.8 Å². The van der Waals surface area contributed by atoms with Gasteiger partial charge in [0.05, 0.1) is 13.7 Å². The van der Waals surface area contributed by atoms with Crippen LogP contribution >= 0.6 is 0 Å². The first-order valence-electron chi connectivity index (χ1n) is 6.51. The molecule has 4 nitrogen and oxygen atoms in total. The van der Waals surface area contributed by atoms with E-state index in [1.165, 1.54) is 13.2 Å². The third kappa shape index (κ3) is 4.61. The van der Waals surface area contributed by atoms with E-state index in [1.54, 1.807) is 12.1 Å². The highest BCUT2D eigenvalue weighted by molar-refractivity contribution is 5.43. The summed E-state index contributed by atoms with van der Waals surface area (Å²) in [4.78, 5) is 0. The fourth-order valence-corrected chi connectivity index (χ4v) is 1.90. The number of halogens is 2. The first-order valence-corrected chi connectivity index (χ1v) is 6.51. The van der Waals surface area contributed by atoms with Gasteiger partial charge in [0.1, 0.15) is 0 Å². The molecule has 0 fully saturated rings. The van der Waals surface area contributed by atoms with Crippen molar-refractivity contribution >= 4 is 0 Å². The molecular weight excluding hydrogens is 268 g/mol. The monoisotopic (exact) mass is 289 g/mol. The van der Waals surface area contributed by atoms with Crippen LogP contribution < -0.4 is 14.8 Å². The summed E-state index contributed by atoms with van der Waals surface area (Å²) in [5, 5.41) is 12.4. The molecule has 2 N–H and O–H groups in total. The number of nitrogens with one attached hydrogen (secondary N) is 1. The zero-order valence-corrected chi connectivity index (χ0v) is 11.9. The number of alkyl halides is 2. The molecule has 0 amide bonds. The zero-order valence-electron chi connectivity index (χ0n) is 11.9. The van der Waals surface area contributed by atoms with E-state index >= 15 is 0 Å². The number of rotatable bonds is 8. The predicted molar refractivity (Wildman–Crippen MR) is 72.3 cm³/mol. The van der Waals surface area contributed by atoms with Gasteiger partial charge in [0, 0.05) is 12.1 Å². The first-order chi connectivity index (χ1) is 9.51. The van der Waals surface area contributed by atoms with Crippen molar-refractivity contribution in [2.24, 2.45) is 0 Å². The standard InChI is InChI=1S/C14H21F2NO3/c1-4-11(8-18)17-9(2)10-5-6-12(20-14(15)16)13(7-10)19-3/h5-7,9,11,14,17-18H,4,8H2,1-3H3. The number of aliphatic hydroxyl groups is 1. The van der Waals surface area contributed by atoms with Crippen molar-refractivity contribution in [2.45, 2.75) is 39.0 Å². The third-order valence-corrected chi connectivity index (χ3v) is 3.10. The van der Waals surface area contributed by atoms with Crippen molar-refractivity contribution in [3.05, 3.63) is 23.8 Å². The summed E-state index contributed by atoms with van der Waals surface area (Å²) in [6.07, 6.45) is 0.796. The maximum absolute atomic E-state index is 12.2. The molecule has 0 radical (unpaired) electrons. The molecule has 0 aliphatic carbocycles. The lowest BCUT2D eigenvalue weighted by molar-refractivity contribution is -0.0512. The summed E-state index contributed by atoms with van der Waals surface area (Å²) in [6, 6.07) is 4.76. The highest BCUT2D eigenvalue weighted by Crippen LogP contribution is 2.31. The van der Waals surface area contributed by atoms with Gasteiger partial charge in [-0.15, -0.1) is 0 Å². The second-order valence-electron chi connectivity index (χ2n) is 4.46. The second-order valence-corrected chi connectivity index (χ2v) is 4.46. The van der Waals surface area contributed by atoms with Gasteiger partial charge in [-0.2, -0.15) is 8.78 Å². The number of aliphatic hydroxyl groups excluding tert-OH is 1. The smallest absolute Gasteiger partial charge is 0.387 e. The minimum Gasteiger partial charge on any atom is -0.493 e. The molecule has 1 aromatic rings. The molecule has 0 aliphatic heterocycles. The lowest BCUT2D eigenvalue weighted by atomic mass is 10.1. The molecule has 0 saturated carbocycles. The van der Waals surface area contributed by atoms with E-state index in [2.05, 4.69) is 10.1 Å². The van der Waals surface area contributed by atoms with E-state index in [-0.39, 0.29) is 30.2 Å². The Kier molecular flexibility index (Phi) is 6.67. The lowest BCUT2D eigenvalue weighted by Gasteiger charge is -2.21. The Labute approximate surface area is 117 Å². The van der Waals surface area contributed by atoms with Crippen molar-refractivity contribution in [1.29, 1.82) is 0 Å². The highest BCUT2D eigenvalue weighted by Gasteiger charge is 2.15. The molecule has 6 heteroatoms. The highest BCUT2D eigenvalue weighted by atomic mass is 19.3. The number of benzene rings is 1. The molecule has 0 aromatic heterocycles. The van der Waals surface area contributed by atoms with Crippen LogP contribution in [0.5, 0.6) is 11.5 Å². The molecule has 1 aromatic carbocycles. The minimum atomic E-state index is -2.89. The second kappa shape index (κ2) is 8.01. The summed E-state index contributed by atoms with van der Waals surface area (Å²) in [5.41, 5.74) is 0.871. The lowest BCUT2D eigenvalue weighted by Crippen LogP contribution is -2.33. The molecule has 114 valence electrons. The van der Waals surface area contributed by atoms with Gasteiger partial charge in [0.15, 0.2) is 11.5 Å². The molecule has 1 rings (SSSR count). The molecule has 0 bridgehead atoms. The maximum Gasteiger partial charge on any atom is 0.387 e. The maximum atomic E-state index is 12.2. The average Bonchev–Trinajstić information content (AvgIpc) is 2.44. The van der Waals surface area contributed by atoms with Gasteiger partial charge in [-0.1, -0.05) is 13.0 Å². The van der Waals surface area contributed by atoms with Crippen LogP contribution in [0, 0.1) is 0 Å². The Hall–Kier alpha value is -1.40. The van der Waals surface area contributed by atoms with Gasteiger partial charge in [-0.3, -0.25) is 0 Å². The van der Waals surface area contributed by atoms with Gasteiger partial charge in [0.2, 0.25) is 0 Å². The van der Waals surface area contributed by atoms with Gasteiger partial charge < -0.3 is 19.9 Å². The third-order valence-electron chi connectivity index (χ3n) is 3.10. The van der Waals surface area contributed by atoms with E-state index in [0.717, 1.165) is 12.0 Å². The molecule has 0 saturated heterocycles. The van der Waals surface area contributed by atoms with Crippen LogP contribution in [0.2, 0.25) is 0 Å². The Bertz CT molecular complexity index is 411. The molecule has 20 heavy (non-hydrogen) atoms. The largest absolute Gasteiger partial charge is 0.493 e. The van der Waals surface area contributed by atoms with Crippen molar-refractivity contribution in [1.82, 2.24) is 5.32 Å². The number of hydrogen-bond donors (Lipinski definition) is 2. The topological polar surface area (TPSA) is 50.7 Å². The molecule has 0 spiro atoms. The van der Waals surface area contributed by atoms with Crippen LogP contribution in [0.1, 0.15) is 31.9 Å². The predicted octanol–water partition coefficient (Wildman–Crippen LogP) is 2.72. The van der Waals surface area contributed by atoms with Crippen LogP contribution in [0.15, 0.2) is 18.2 Å².